The molecule has 1 rings (SSSR count). The highest BCUT2D eigenvalue weighted by atomic mass is 79.9. The Bertz CT molecular complexity index is 339. The van der Waals surface area contributed by atoms with Crippen LogP contribution >= 0.6 is 47.8 Å². The second kappa shape index (κ2) is 4.83. The van der Waals surface area contributed by atoms with Gasteiger partial charge in [0.1, 0.15) is 0 Å². The maximum atomic E-state index is 9.53. The van der Waals surface area contributed by atoms with Gasteiger partial charge in [-0.15, -0.1) is 0 Å². The van der Waals surface area contributed by atoms with Crippen molar-refractivity contribution in [3.8, 4) is 11.5 Å². The maximum absolute atomic E-state index is 9.53. The van der Waals surface area contributed by atoms with Crippen molar-refractivity contribution in [3.63, 3.8) is 0 Å². The van der Waals surface area contributed by atoms with Crippen molar-refractivity contribution in [3.05, 3.63) is 19.0 Å². The van der Waals surface area contributed by atoms with Gasteiger partial charge in [0.25, 0.3) is 0 Å². The number of nitrogens with two attached hydrogens (primary N) is 1. The largest absolute Gasteiger partial charge is 0.503 e. The number of rotatable bonds is 2. The fourth-order valence-electron chi connectivity index (χ4n) is 1.05. The summed E-state index contributed by atoms with van der Waals surface area (Å²) in [5.41, 5.74) is 6.26. The van der Waals surface area contributed by atoms with Crippen molar-refractivity contribution < 1.29 is 10.2 Å². The van der Waals surface area contributed by atoms with Crippen molar-refractivity contribution >= 4 is 47.8 Å². The second-order valence-corrected chi connectivity index (χ2v) is 5.04. The molecule has 0 atom stereocenters. The molecule has 1 aromatic rings. The molecule has 0 heterocycles. The highest BCUT2D eigenvalue weighted by molar-refractivity contribution is 9.13. The van der Waals surface area contributed by atoms with E-state index in [1.165, 1.54) is 0 Å². The third-order valence-electron chi connectivity index (χ3n) is 1.76. The SMILES string of the molecule is NCCc1c(Br)c(O)c(O)c(Br)c1Br. The Morgan fingerprint density at radius 3 is 1.93 bits per heavy atom. The topological polar surface area (TPSA) is 66.5 Å². The molecule has 6 heteroatoms. The zero-order chi connectivity index (χ0) is 10.9. The highest BCUT2D eigenvalue weighted by Gasteiger charge is 2.18. The Kier molecular flexibility index (Phi) is 4.24. The van der Waals surface area contributed by atoms with E-state index in [0.29, 0.717) is 26.4 Å². The Labute approximate surface area is 107 Å². The molecule has 0 unspecified atom stereocenters. The molecule has 0 fully saturated rings. The molecule has 0 amide bonds. The highest BCUT2D eigenvalue weighted by Crippen LogP contribution is 2.46. The molecule has 0 bridgehead atoms. The van der Waals surface area contributed by atoms with Gasteiger partial charge in [0, 0.05) is 4.47 Å². The van der Waals surface area contributed by atoms with Gasteiger partial charge >= 0.3 is 0 Å². The Hall–Kier alpha value is 0.220. The molecule has 78 valence electrons. The van der Waals surface area contributed by atoms with Crippen molar-refractivity contribution in [2.45, 2.75) is 6.42 Å². The number of benzene rings is 1. The molecule has 0 aliphatic heterocycles. The average Bonchev–Trinajstić information content (AvgIpc) is 2.19. The van der Waals surface area contributed by atoms with Crippen LogP contribution in [0.4, 0.5) is 0 Å². The lowest BCUT2D eigenvalue weighted by Crippen LogP contribution is -2.04. The fourth-order valence-corrected chi connectivity index (χ4v) is 2.91. The molecular weight excluding hydrogens is 382 g/mol. The van der Waals surface area contributed by atoms with Crippen LogP contribution in [0.25, 0.3) is 0 Å². The molecule has 14 heavy (non-hydrogen) atoms. The zero-order valence-electron chi connectivity index (χ0n) is 7.02. The molecule has 0 aromatic heterocycles. The third-order valence-corrected chi connectivity index (χ3v) is 4.79. The summed E-state index contributed by atoms with van der Waals surface area (Å²) in [6.45, 7) is 0.466. The molecule has 0 aliphatic rings. The maximum Gasteiger partial charge on any atom is 0.174 e. The van der Waals surface area contributed by atoms with Crippen LogP contribution < -0.4 is 5.73 Å². The van der Waals surface area contributed by atoms with Gasteiger partial charge in [0.05, 0.1) is 8.95 Å². The van der Waals surface area contributed by atoms with E-state index in [9.17, 15) is 10.2 Å². The van der Waals surface area contributed by atoms with Gasteiger partial charge in [-0.25, -0.2) is 0 Å². The van der Waals surface area contributed by atoms with Crippen LogP contribution in [0.1, 0.15) is 5.56 Å². The Morgan fingerprint density at radius 1 is 0.929 bits per heavy atom. The first kappa shape index (κ1) is 12.3. The number of hydrogen-bond acceptors (Lipinski definition) is 3. The van der Waals surface area contributed by atoms with E-state index in [1.54, 1.807) is 0 Å². The molecule has 3 nitrogen and oxygen atoms in total. The van der Waals surface area contributed by atoms with Gasteiger partial charge in [0.15, 0.2) is 11.5 Å². The minimum Gasteiger partial charge on any atom is -0.503 e. The first-order chi connectivity index (χ1) is 6.50. The van der Waals surface area contributed by atoms with Gasteiger partial charge in [-0.1, -0.05) is 0 Å². The van der Waals surface area contributed by atoms with Crippen LogP contribution in [0, 0.1) is 0 Å². The molecule has 0 spiro atoms. The van der Waals surface area contributed by atoms with Crippen LogP contribution in [0.2, 0.25) is 0 Å². The summed E-state index contributed by atoms with van der Waals surface area (Å²) in [5, 5.41) is 19.0. The number of phenolic OH excluding ortho intramolecular Hbond substituents is 2. The summed E-state index contributed by atoms with van der Waals surface area (Å²) in [6, 6.07) is 0. The lowest BCUT2D eigenvalue weighted by molar-refractivity contribution is 0.398. The minimum absolute atomic E-state index is 0.177. The molecule has 0 radical (unpaired) electrons. The molecule has 0 saturated carbocycles. The Morgan fingerprint density at radius 2 is 1.43 bits per heavy atom. The monoisotopic (exact) mass is 387 g/mol. The first-order valence-corrected chi connectivity index (χ1v) is 6.15. The van der Waals surface area contributed by atoms with Crippen molar-refractivity contribution in [1.82, 2.24) is 0 Å². The average molecular weight is 390 g/mol. The smallest absolute Gasteiger partial charge is 0.174 e. The van der Waals surface area contributed by atoms with E-state index in [2.05, 4.69) is 47.8 Å². The van der Waals surface area contributed by atoms with Crippen LogP contribution in [0.3, 0.4) is 0 Å². The van der Waals surface area contributed by atoms with Crippen LogP contribution in [0.15, 0.2) is 13.4 Å². The molecule has 4 N–H and O–H groups in total. The third kappa shape index (κ3) is 2.08. The van der Waals surface area contributed by atoms with E-state index in [-0.39, 0.29) is 11.5 Å². The van der Waals surface area contributed by atoms with Crippen molar-refractivity contribution in [2.24, 2.45) is 5.73 Å². The van der Waals surface area contributed by atoms with E-state index in [0.717, 1.165) is 5.56 Å². The normalized spacial score (nSPS) is 10.6. The molecule has 1 aromatic carbocycles. The molecular formula is C8H8Br3NO2. The summed E-state index contributed by atoms with van der Waals surface area (Å²) < 4.78 is 1.60. The second-order valence-electron chi connectivity index (χ2n) is 2.66. The van der Waals surface area contributed by atoms with Crippen molar-refractivity contribution in [2.75, 3.05) is 6.54 Å². The van der Waals surface area contributed by atoms with Crippen LogP contribution in [-0.2, 0) is 6.42 Å². The molecule has 0 aliphatic carbocycles. The van der Waals surface area contributed by atoms with Gasteiger partial charge < -0.3 is 15.9 Å². The predicted octanol–water partition coefficient (Wildman–Crippen LogP) is 2.89. The van der Waals surface area contributed by atoms with Crippen LogP contribution in [-0.4, -0.2) is 16.8 Å². The quantitative estimate of drug-likeness (QED) is 0.538. The number of phenols is 2. The van der Waals surface area contributed by atoms with E-state index in [4.69, 9.17) is 5.73 Å². The van der Waals surface area contributed by atoms with E-state index in [1.807, 2.05) is 0 Å². The summed E-state index contributed by atoms with van der Waals surface area (Å²) in [5.74, 6) is -0.368. The first-order valence-electron chi connectivity index (χ1n) is 3.78. The summed E-state index contributed by atoms with van der Waals surface area (Å²) in [7, 11) is 0. The van der Waals surface area contributed by atoms with Gasteiger partial charge in [-0.05, 0) is 66.3 Å². The molecule has 0 saturated heterocycles. The number of hydrogen-bond donors (Lipinski definition) is 3. The van der Waals surface area contributed by atoms with Gasteiger partial charge in [-0.3, -0.25) is 0 Å². The predicted molar refractivity (Wildman–Crippen MR) is 65.6 cm³/mol. The van der Waals surface area contributed by atoms with E-state index < -0.39 is 0 Å². The standard InChI is InChI=1S/C8H8Br3NO2/c9-4-3(1-2-12)5(10)7(13)8(14)6(4)11/h13-14H,1-2,12H2. The summed E-state index contributed by atoms with van der Waals surface area (Å²) in [6.07, 6.45) is 0.605. The van der Waals surface area contributed by atoms with E-state index >= 15 is 0 Å². The minimum atomic E-state index is -0.190. The van der Waals surface area contributed by atoms with Crippen LogP contribution in [0.5, 0.6) is 11.5 Å². The Balaban J connectivity index is 3.43. The van der Waals surface area contributed by atoms with Gasteiger partial charge in [0.2, 0.25) is 0 Å². The lowest BCUT2D eigenvalue weighted by Gasteiger charge is -2.12. The fraction of sp³-hybridized carbons (Fsp3) is 0.250. The summed E-state index contributed by atoms with van der Waals surface area (Å²) >= 11 is 9.68. The number of halogens is 3. The zero-order valence-corrected chi connectivity index (χ0v) is 11.8. The number of aromatic hydroxyl groups is 2. The lowest BCUT2D eigenvalue weighted by atomic mass is 10.1. The van der Waals surface area contributed by atoms with Gasteiger partial charge in [-0.2, -0.15) is 0 Å². The summed E-state index contributed by atoms with van der Waals surface area (Å²) in [4.78, 5) is 0. The van der Waals surface area contributed by atoms with Crippen molar-refractivity contribution in [1.29, 1.82) is 0 Å².